The van der Waals surface area contributed by atoms with Crippen molar-refractivity contribution >= 4 is 27.6 Å². The number of carboxylic acids is 1. The average Bonchev–Trinajstić information content (AvgIpc) is 2.83. The minimum atomic E-state index is -3.34. The van der Waals surface area contributed by atoms with Crippen LogP contribution in [0.5, 0.6) is 5.75 Å². The maximum atomic E-state index is 12.8. The molecule has 0 aromatic heterocycles. The number of nitrogens with one attached hydrogen (secondary N) is 1. The van der Waals surface area contributed by atoms with Gasteiger partial charge in [0.25, 0.3) is 0 Å². The van der Waals surface area contributed by atoms with Crippen LogP contribution in [0.25, 0.3) is 11.1 Å². The van der Waals surface area contributed by atoms with E-state index in [1.165, 1.54) is 0 Å². The number of sulfone groups is 1. The largest absolute Gasteiger partial charge is 0.482 e. The van der Waals surface area contributed by atoms with Crippen LogP contribution in [0.1, 0.15) is 12.0 Å². The molecule has 3 aromatic rings. The maximum Gasteiger partial charge on any atom is 0.341 e. The number of carbonyl (C=O) groups is 1. The Morgan fingerprint density at radius 2 is 1.74 bits per heavy atom. The van der Waals surface area contributed by atoms with Crippen molar-refractivity contribution in [2.45, 2.75) is 23.1 Å². The van der Waals surface area contributed by atoms with E-state index in [4.69, 9.17) is 9.84 Å². The molecule has 0 fully saturated rings. The second-order valence-electron chi connectivity index (χ2n) is 7.77. The molecular weight excluding hydrogens is 470 g/mol. The molecule has 0 amide bonds. The van der Waals surface area contributed by atoms with Crippen LogP contribution < -0.4 is 10.1 Å². The summed E-state index contributed by atoms with van der Waals surface area (Å²) in [5.74, 6) is 0.501. The molecule has 0 heterocycles. The van der Waals surface area contributed by atoms with Crippen LogP contribution in [0.15, 0.2) is 82.6 Å². The van der Waals surface area contributed by atoms with Crippen molar-refractivity contribution in [2.24, 2.45) is 0 Å². The molecule has 0 aliphatic carbocycles. The van der Waals surface area contributed by atoms with Crippen molar-refractivity contribution < 1.29 is 23.1 Å². The van der Waals surface area contributed by atoms with E-state index in [9.17, 15) is 13.2 Å². The molecule has 0 saturated heterocycles. The van der Waals surface area contributed by atoms with Crippen molar-refractivity contribution in [3.8, 4) is 16.9 Å². The molecule has 3 aromatic carbocycles. The maximum absolute atomic E-state index is 12.8. The van der Waals surface area contributed by atoms with Gasteiger partial charge < -0.3 is 15.2 Å². The van der Waals surface area contributed by atoms with E-state index in [0.29, 0.717) is 23.6 Å². The Bertz CT molecular complexity index is 1200. The Morgan fingerprint density at radius 3 is 2.47 bits per heavy atom. The van der Waals surface area contributed by atoms with Gasteiger partial charge in [0.15, 0.2) is 16.4 Å². The standard InChI is InChI=1S/C26H29NO5S2/c1-20-17-23(11-12-25(20)32-19-26(28)29)33-15-14-27-13-6-16-34(30,31)24-10-5-9-22(18-24)21-7-3-2-4-8-21/h2-5,7-12,17-18,27H,6,13-16,19H2,1H3,(H,28,29). The van der Waals surface area contributed by atoms with Crippen LogP contribution in [0.2, 0.25) is 0 Å². The third kappa shape index (κ3) is 7.90. The minimum absolute atomic E-state index is 0.0996. The number of rotatable bonds is 13. The molecule has 0 aliphatic rings. The van der Waals surface area contributed by atoms with Gasteiger partial charge in [-0.25, -0.2) is 13.2 Å². The van der Waals surface area contributed by atoms with E-state index in [-0.39, 0.29) is 12.4 Å². The lowest BCUT2D eigenvalue weighted by Crippen LogP contribution is -2.21. The molecule has 6 nitrogen and oxygen atoms in total. The molecule has 0 atom stereocenters. The highest BCUT2D eigenvalue weighted by Crippen LogP contribution is 2.25. The van der Waals surface area contributed by atoms with Gasteiger partial charge in [-0.1, -0.05) is 42.5 Å². The molecule has 0 bridgehead atoms. The summed E-state index contributed by atoms with van der Waals surface area (Å²) in [7, 11) is -3.34. The molecule has 34 heavy (non-hydrogen) atoms. The molecule has 2 N–H and O–H groups in total. The summed E-state index contributed by atoms with van der Waals surface area (Å²) >= 11 is 1.68. The third-order valence-electron chi connectivity index (χ3n) is 5.11. The Morgan fingerprint density at radius 1 is 0.971 bits per heavy atom. The highest BCUT2D eigenvalue weighted by atomic mass is 32.2. The van der Waals surface area contributed by atoms with E-state index in [2.05, 4.69) is 5.32 Å². The third-order valence-corrected chi connectivity index (χ3v) is 7.91. The van der Waals surface area contributed by atoms with Crippen molar-refractivity contribution in [3.05, 3.63) is 78.4 Å². The van der Waals surface area contributed by atoms with E-state index < -0.39 is 15.8 Å². The molecule has 180 valence electrons. The zero-order chi connectivity index (χ0) is 24.4. The van der Waals surface area contributed by atoms with Crippen molar-refractivity contribution in [1.29, 1.82) is 0 Å². The average molecular weight is 500 g/mol. The lowest BCUT2D eigenvalue weighted by molar-refractivity contribution is -0.139. The molecule has 0 aliphatic heterocycles. The van der Waals surface area contributed by atoms with Gasteiger partial charge in [-0.15, -0.1) is 11.8 Å². The summed E-state index contributed by atoms with van der Waals surface area (Å²) in [6, 6.07) is 22.5. The SMILES string of the molecule is Cc1cc(SCCNCCCS(=O)(=O)c2cccc(-c3ccccc3)c2)ccc1OCC(=O)O. The first-order valence-electron chi connectivity index (χ1n) is 11.0. The number of thioether (sulfide) groups is 1. The van der Waals surface area contributed by atoms with E-state index >= 15 is 0 Å². The topological polar surface area (TPSA) is 92.7 Å². The van der Waals surface area contributed by atoms with Crippen LogP contribution in [-0.2, 0) is 14.6 Å². The van der Waals surface area contributed by atoms with Gasteiger partial charge in [-0.3, -0.25) is 0 Å². The first kappa shape index (κ1) is 25.8. The second-order valence-corrected chi connectivity index (χ2v) is 11.1. The van der Waals surface area contributed by atoms with E-state index in [0.717, 1.165) is 33.9 Å². The zero-order valence-corrected chi connectivity index (χ0v) is 20.7. The van der Waals surface area contributed by atoms with Crippen LogP contribution in [-0.4, -0.2) is 50.7 Å². The Balaban J connectivity index is 1.39. The second kappa shape index (κ2) is 12.6. The minimum Gasteiger partial charge on any atom is -0.482 e. The highest BCUT2D eigenvalue weighted by Gasteiger charge is 2.14. The fourth-order valence-electron chi connectivity index (χ4n) is 3.38. The van der Waals surface area contributed by atoms with Gasteiger partial charge in [0, 0.05) is 17.2 Å². The quantitative estimate of drug-likeness (QED) is 0.261. The number of hydrogen-bond acceptors (Lipinski definition) is 6. The van der Waals surface area contributed by atoms with Gasteiger partial charge in [0.05, 0.1) is 10.6 Å². The smallest absolute Gasteiger partial charge is 0.341 e. The molecule has 0 saturated carbocycles. The normalized spacial score (nSPS) is 11.3. The molecule has 0 radical (unpaired) electrons. The van der Waals surface area contributed by atoms with Gasteiger partial charge in [-0.2, -0.15) is 0 Å². The lowest BCUT2D eigenvalue weighted by Gasteiger charge is -2.10. The summed E-state index contributed by atoms with van der Waals surface area (Å²) < 4.78 is 30.8. The van der Waals surface area contributed by atoms with Gasteiger partial charge in [0.1, 0.15) is 5.75 Å². The van der Waals surface area contributed by atoms with Crippen molar-refractivity contribution in [3.63, 3.8) is 0 Å². The molecule has 0 unspecified atom stereocenters. The number of ether oxygens (including phenoxy) is 1. The first-order valence-corrected chi connectivity index (χ1v) is 13.7. The van der Waals surface area contributed by atoms with Gasteiger partial charge in [0.2, 0.25) is 0 Å². The number of benzene rings is 3. The lowest BCUT2D eigenvalue weighted by atomic mass is 10.1. The van der Waals surface area contributed by atoms with Gasteiger partial charge in [-0.05, 0) is 66.9 Å². The number of carboxylic acid groups (broad SMARTS) is 1. The van der Waals surface area contributed by atoms with Crippen LogP contribution in [0.3, 0.4) is 0 Å². The van der Waals surface area contributed by atoms with Crippen LogP contribution in [0.4, 0.5) is 0 Å². The number of hydrogen-bond donors (Lipinski definition) is 2. The Kier molecular flexibility index (Phi) is 9.56. The number of aryl methyl sites for hydroxylation is 1. The fourth-order valence-corrected chi connectivity index (χ4v) is 5.64. The highest BCUT2D eigenvalue weighted by molar-refractivity contribution is 7.99. The van der Waals surface area contributed by atoms with E-state index in [1.807, 2.05) is 55.5 Å². The summed E-state index contributed by atoms with van der Waals surface area (Å²) in [4.78, 5) is 12.1. The summed E-state index contributed by atoms with van der Waals surface area (Å²) in [5.41, 5.74) is 2.78. The predicted octanol–water partition coefficient (Wildman–Crippen LogP) is 4.67. The first-order chi connectivity index (χ1) is 16.3. The Hall–Kier alpha value is -2.81. The zero-order valence-electron chi connectivity index (χ0n) is 19.1. The number of aliphatic carboxylic acids is 1. The van der Waals surface area contributed by atoms with Crippen LogP contribution in [0, 0.1) is 6.92 Å². The molecule has 0 spiro atoms. The predicted molar refractivity (Wildman–Crippen MR) is 136 cm³/mol. The summed E-state index contributed by atoms with van der Waals surface area (Å²) in [6.07, 6.45) is 0.539. The van der Waals surface area contributed by atoms with E-state index in [1.54, 1.807) is 36.0 Å². The Labute approximate surface area is 205 Å². The summed E-state index contributed by atoms with van der Waals surface area (Å²) in [5, 5.41) is 12.0. The monoisotopic (exact) mass is 499 g/mol. The van der Waals surface area contributed by atoms with Crippen molar-refractivity contribution in [2.75, 3.05) is 31.2 Å². The fraction of sp³-hybridized carbons (Fsp3) is 0.269. The van der Waals surface area contributed by atoms with Crippen LogP contribution >= 0.6 is 11.8 Å². The molecule has 3 rings (SSSR count). The van der Waals surface area contributed by atoms with Crippen molar-refractivity contribution in [1.82, 2.24) is 5.32 Å². The molecular formula is C26H29NO5S2. The van der Waals surface area contributed by atoms with Gasteiger partial charge >= 0.3 is 5.97 Å². The summed E-state index contributed by atoms with van der Waals surface area (Å²) in [6.45, 7) is 2.91. The molecule has 8 heteroatoms.